The van der Waals surface area contributed by atoms with E-state index in [-0.39, 0.29) is 18.4 Å². The molecule has 1 aromatic rings. The van der Waals surface area contributed by atoms with Gasteiger partial charge in [-0.2, -0.15) is 0 Å². The van der Waals surface area contributed by atoms with Crippen LogP contribution in [-0.4, -0.2) is 28.0 Å². The van der Waals surface area contributed by atoms with Crippen LogP contribution in [0.2, 0.25) is 0 Å². The van der Waals surface area contributed by atoms with Crippen molar-refractivity contribution in [2.75, 3.05) is 0 Å². The molecule has 1 saturated carbocycles. The highest BCUT2D eigenvalue weighted by atomic mass is 16.4. The molecule has 0 spiro atoms. The zero-order valence-corrected chi connectivity index (χ0v) is 8.77. The molecule has 0 aliphatic heterocycles. The van der Waals surface area contributed by atoms with E-state index in [1.807, 2.05) is 0 Å². The van der Waals surface area contributed by atoms with Gasteiger partial charge in [-0.25, -0.2) is 0 Å². The van der Waals surface area contributed by atoms with Gasteiger partial charge < -0.3 is 15.4 Å². The summed E-state index contributed by atoms with van der Waals surface area (Å²) in [7, 11) is 0. The molecule has 1 aliphatic carbocycles. The highest BCUT2D eigenvalue weighted by molar-refractivity contribution is 5.92. The van der Waals surface area contributed by atoms with Gasteiger partial charge in [-0.1, -0.05) is 0 Å². The van der Waals surface area contributed by atoms with Crippen molar-refractivity contribution >= 4 is 11.9 Å². The second-order valence-corrected chi connectivity index (χ2v) is 4.10. The zero-order chi connectivity index (χ0) is 11.5. The van der Waals surface area contributed by atoms with Gasteiger partial charge in [-0.3, -0.25) is 9.59 Å². The number of rotatable bonds is 5. The molecule has 5 heteroatoms. The van der Waals surface area contributed by atoms with Crippen LogP contribution in [0.4, 0.5) is 0 Å². The third-order valence-electron chi connectivity index (χ3n) is 2.74. The number of H-pyrrole nitrogens is 1. The van der Waals surface area contributed by atoms with E-state index in [4.69, 9.17) is 5.11 Å². The Morgan fingerprint density at radius 1 is 1.56 bits per heavy atom. The molecule has 5 nitrogen and oxygen atoms in total. The van der Waals surface area contributed by atoms with Gasteiger partial charge in [0.25, 0.3) is 5.91 Å². The third-order valence-corrected chi connectivity index (χ3v) is 2.74. The first-order chi connectivity index (χ1) is 7.66. The van der Waals surface area contributed by atoms with Crippen molar-refractivity contribution in [2.45, 2.75) is 25.3 Å². The molecule has 2 rings (SSSR count). The number of carboxylic acids is 1. The van der Waals surface area contributed by atoms with Crippen LogP contribution >= 0.6 is 0 Å². The average Bonchev–Trinajstić information content (AvgIpc) is 2.91. The minimum atomic E-state index is -0.872. The predicted molar refractivity (Wildman–Crippen MR) is 57.0 cm³/mol. The summed E-state index contributed by atoms with van der Waals surface area (Å²) in [6.45, 7) is 0. The van der Waals surface area contributed by atoms with Crippen LogP contribution in [-0.2, 0) is 4.79 Å². The molecule has 1 amide bonds. The molecule has 0 aromatic carbocycles. The molecule has 1 atom stereocenters. The Morgan fingerprint density at radius 2 is 2.31 bits per heavy atom. The maximum absolute atomic E-state index is 11.7. The fourth-order valence-corrected chi connectivity index (χ4v) is 1.74. The zero-order valence-electron chi connectivity index (χ0n) is 8.77. The topological polar surface area (TPSA) is 82.2 Å². The molecule has 0 bridgehead atoms. The van der Waals surface area contributed by atoms with Gasteiger partial charge >= 0.3 is 5.97 Å². The second-order valence-electron chi connectivity index (χ2n) is 4.10. The summed E-state index contributed by atoms with van der Waals surface area (Å²) in [5, 5.41) is 11.5. The maximum atomic E-state index is 11.7. The van der Waals surface area contributed by atoms with E-state index in [0.717, 1.165) is 12.8 Å². The molecule has 16 heavy (non-hydrogen) atoms. The Morgan fingerprint density at radius 3 is 2.81 bits per heavy atom. The lowest BCUT2D eigenvalue weighted by molar-refractivity contribution is -0.137. The van der Waals surface area contributed by atoms with Crippen LogP contribution in [0, 0.1) is 5.92 Å². The van der Waals surface area contributed by atoms with Crippen molar-refractivity contribution < 1.29 is 14.7 Å². The predicted octanol–water partition coefficient (Wildman–Crippen LogP) is 0.998. The van der Waals surface area contributed by atoms with E-state index in [1.54, 1.807) is 18.3 Å². The van der Waals surface area contributed by atoms with Crippen molar-refractivity contribution in [3.8, 4) is 0 Å². The van der Waals surface area contributed by atoms with Crippen LogP contribution in [0.25, 0.3) is 0 Å². The molecule has 1 heterocycles. The Balaban J connectivity index is 1.95. The molecule has 3 N–H and O–H groups in total. The van der Waals surface area contributed by atoms with E-state index < -0.39 is 5.97 Å². The van der Waals surface area contributed by atoms with E-state index >= 15 is 0 Å². The normalized spacial score (nSPS) is 16.8. The van der Waals surface area contributed by atoms with Crippen molar-refractivity contribution in [1.82, 2.24) is 10.3 Å². The van der Waals surface area contributed by atoms with Crippen LogP contribution in [0.15, 0.2) is 18.3 Å². The lowest BCUT2D eigenvalue weighted by Gasteiger charge is -2.15. The van der Waals surface area contributed by atoms with Gasteiger partial charge in [0.05, 0.1) is 6.42 Å². The molecule has 86 valence electrons. The Kier molecular flexibility index (Phi) is 2.94. The van der Waals surface area contributed by atoms with Crippen LogP contribution < -0.4 is 5.32 Å². The quantitative estimate of drug-likeness (QED) is 0.695. The minimum absolute atomic E-state index is 0.00286. The molecule has 0 radical (unpaired) electrons. The molecular weight excluding hydrogens is 208 g/mol. The van der Waals surface area contributed by atoms with Crippen molar-refractivity contribution in [3.63, 3.8) is 0 Å². The first kappa shape index (κ1) is 10.7. The SMILES string of the molecule is O=C(O)CC(NC(=O)c1ccc[nH]1)C1CC1. The number of aromatic nitrogens is 1. The summed E-state index contributed by atoms with van der Waals surface area (Å²) >= 11 is 0. The molecule has 1 unspecified atom stereocenters. The number of hydrogen-bond donors (Lipinski definition) is 3. The first-order valence-corrected chi connectivity index (χ1v) is 5.33. The van der Waals surface area contributed by atoms with Gasteiger partial charge in [0.1, 0.15) is 5.69 Å². The van der Waals surface area contributed by atoms with Crippen LogP contribution in [0.3, 0.4) is 0 Å². The fraction of sp³-hybridized carbons (Fsp3) is 0.455. The average molecular weight is 222 g/mol. The Labute approximate surface area is 92.9 Å². The van der Waals surface area contributed by atoms with Gasteiger partial charge in [0, 0.05) is 12.2 Å². The van der Waals surface area contributed by atoms with Gasteiger partial charge in [0.15, 0.2) is 0 Å². The standard InChI is InChI=1S/C11H14N2O3/c14-10(15)6-9(7-3-4-7)13-11(16)8-2-1-5-12-8/h1-2,5,7,9,12H,3-4,6H2,(H,13,16)(H,14,15). The smallest absolute Gasteiger partial charge is 0.305 e. The van der Waals surface area contributed by atoms with Gasteiger partial charge in [-0.05, 0) is 30.9 Å². The molecule has 0 saturated heterocycles. The van der Waals surface area contributed by atoms with Crippen molar-refractivity contribution in [3.05, 3.63) is 24.0 Å². The van der Waals surface area contributed by atoms with Crippen LogP contribution in [0.1, 0.15) is 29.8 Å². The molecular formula is C11H14N2O3. The number of carboxylic acid groups (broad SMARTS) is 1. The monoisotopic (exact) mass is 222 g/mol. The van der Waals surface area contributed by atoms with E-state index in [0.29, 0.717) is 11.6 Å². The third kappa shape index (κ3) is 2.62. The van der Waals surface area contributed by atoms with Crippen LogP contribution in [0.5, 0.6) is 0 Å². The first-order valence-electron chi connectivity index (χ1n) is 5.33. The minimum Gasteiger partial charge on any atom is -0.481 e. The summed E-state index contributed by atoms with van der Waals surface area (Å²) in [6.07, 6.45) is 3.67. The van der Waals surface area contributed by atoms with Crippen molar-refractivity contribution in [1.29, 1.82) is 0 Å². The van der Waals surface area contributed by atoms with E-state index in [2.05, 4.69) is 10.3 Å². The van der Waals surface area contributed by atoms with E-state index in [9.17, 15) is 9.59 Å². The van der Waals surface area contributed by atoms with Gasteiger partial charge in [-0.15, -0.1) is 0 Å². The largest absolute Gasteiger partial charge is 0.481 e. The lowest BCUT2D eigenvalue weighted by Crippen LogP contribution is -2.38. The number of carbonyl (C=O) groups excluding carboxylic acids is 1. The number of hydrogen-bond acceptors (Lipinski definition) is 2. The molecule has 1 fully saturated rings. The summed E-state index contributed by atoms with van der Waals surface area (Å²) < 4.78 is 0. The summed E-state index contributed by atoms with van der Waals surface area (Å²) in [6, 6.07) is 3.16. The Bertz CT molecular complexity index is 382. The highest BCUT2D eigenvalue weighted by Gasteiger charge is 2.33. The number of aliphatic carboxylic acids is 1. The summed E-state index contributed by atoms with van der Waals surface area (Å²) in [4.78, 5) is 25.1. The highest BCUT2D eigenvalue weighted by Crippen LogP contribution is 2.34. The molecule has 1 aliphatic rings. The van der Waals surface area contributed by atoms with Crippen molar-refractivity contribution in [2.24, 2.45) is 5.92 Å². The maximum Gasteiger partial charge on any atom is 0.305 e. The fourth-order valence-electron chi connectivity index (χ4n) is 1.74. The number of amides is 1. The second kappa shape index (κ2) is 4.38. The number of nitrogens with one attached hydrogen (secondary N) is 2. The van der Waals surface area contributed by atoms with E-state index in [1.165, 1.54) is 0 Å². The summed E-state index contributed by atoms with van der Waals surface area (Å²) in [5.74, 6) is -0.776. The van der Waals surface area contributed by atoms with Gasteiger partial charge in [0.2, 0.25) is 0 Å². The lowest BCUT2D eigenvalue weighted by atomic mass is 10.1. The molecule has 1 aromatic heterocycles. The Hall–Kier alpha value is -1.78. The number of aromatic amines is 1. The summed E-state index contributed by atoms with van der Waals surface area (Å²) in [5.41, 5.74) is 0.469. The number of carbonyl (C=O) groups is 2.